The van der Waals surface area contributed by atoms with Crippen molar-refractivity contribution in [2.45, 2.75) is 71.5 Å². The molecule has 0 saturated heterocycles. The summed E-state index contributed by atoms with van der Waals surface area (Å²) in [6.45, 7) is 5.22. The molecule has 1 aromatic carbocycles. The highest BCUT2D eigenvalue weighted by Gasteiger charge is 2.55. The maximum Gasteiger partial charge on any atom is 0.243 e. The second-order valence-electron chi connectivity index (χ2n) is 11.2. The molecule has 6 rings (SSSR count). The lowest BCUT2D eigenvalue weighted by Gasteiger charge is -2.55. The van der Waals surface area contributed by atoms with Crippen LogP contribution in [0.25, 0.3) is 0 Å². The average molecular weight is 449 g/mol. The molecule has 4 aliphatic rings. The second kappa shape index (κ2) is 8.96. The van der Waals surface area contributed by atoms with Gasteiger partial charge < -0.3 is 15.2 Å². The SMILES string of the molecule is CC(C)[C@@H](NC(=O)C12CC3CC(CC(C3)C1)C2)C(=O)NCc1cccc(Cn2ccnc2)c1. The number of carbonyl (C=O) groups is 2. The molecular weight excluding hydrogens is 412 g/mol. The molecule has 4 fully saturated rings. The van der Waals surface area contributed by atoms with Crippen LogP contribution in [0, 0.1) is 29.1 Å². The summed E-state index contributed by atoms with van der Waals surface area (Å²) in [6.07, 6.45) is 12.5. The lowest BCUT2D eigenvalue weighted by Crippen LogP contribution is -2.58. The van der Waals surface area contributed by atoms with E-state index >= 15 is 0 Å². The first-order valence-electron chi connectivity index (χ1n) is 12.5. The zero-order chi connectivity index (χ0) is 23.0. The van der Waals surface area contributed by atoms with E-state index in [1.807, 2.05) is 36.7 Å². The molecular formula is C27H36N4O2. The summed E-state index contributed by atoms with van der Waals surface area (Å²) >= 11 is 0. The number of amides is 2. The standard InChI is InChI=1S/C27H36N4O2/c1-18(2)24(30-26(33)27-12-21-9-22(13-27)11-23(10-21)14-27)25(32)29-15-19-4-3-5-20(8-19)16-31-7-6-28-17-31/h3-8,17-18,21-24H,9-16H2,1-2H3,(H,29,32)(H,30,33)/t21?,22?,23?,24-,27?/m1/s1. The van der Waals surface area contributed by atoms with Crippen molar-refractivity contribution < 1.29 is 9.59 Å². The highest BCUT2D eigenvalue weighted by Crippen LogP contribution is 2.60. The lowest BCUT2D eigenvalue weighted by molar-refractivity contribution is -0.149. The van der Waals surface area contributed by atoms with Gasteiger partial charge in [0.25, 0.3) is 0 Å². The number of nitrogens with zero attached hydrogens (tertiary/aromatic N) is 2. The molecule has 4 bridgehead atoms. The maximum atomic E-state index is 13.5. The first-order chi connectivity index (χ1) is 15.9. The number of imidazole rings is 1. The van der Waals surface area contributed by atoms with Crippen molar-refractivity contribution in [1.82, 2.24) is 20.2 Å². The Hall–Kier alpha value is -2.63. The molecule has 2 aromatic rings. The molecule has 0 unspecified atom stereocenters. The van der Waals surface area contributed by atoms with Crippen molar-refractivity contribution in [1.29, 1.82) is 0 Å². The van der Waals surface area contributed by atoms with E-state index in [0.717, 1.165) is 36.9 Å². The molecule has 2 N–H and O–H groups in total. The molecule has 1 atom stereocenters. The number of carbonyl (C=O) groups excluding carboxylic acids is 2. The van der Waals surface area contributed by atoms with E-state index < -0.39 is 6.04 Å². The normalized spacial score (nSPS) is 28.6. The summed E-state index contributed by atoms with van der Waals surface area (Å²) in [5.74, 6) is 2.20. The van der Waals surface area contributed by atoms with E-state index in [4.69, 9.17) is 0 Å². The Balaban J connectivity index is 1.20. The van der Waals surface area contributed by atoms with Crippen LogP contribution < -0.4 is 10.6 Å². The van der Waals surface area contributed by atoms with E-state index in [-0.39, 0.29) is 23.1 Å². The third-order valence-corrected chi connectivity index (χ3v) is 8.14. The van der Waals surface area contributed by atoms with Gasteiger partial charge in [-0.15, -0.1) is 0 Å². The minimum Gasteiger partial charge on any atom is -0.350 e. The van der Waals surface area contributed by atoms with Crippen LogP contribution in [-0.2, 0) is 22.7 Å². The van der Waals surface area contributed by atoms with Crippen LogP contribution in [0.5, 0.6) is 0 Å². The minimum atomic E-state index is -0.500. The predicted molar refractivity (Wildman–Crippen MR) is 127 cm³/mol. The van der Waals surface area contributed by atoms with Crippen molar-refractivity contribution in [3.63, 3.8) is 0 Å². The molecule has 1 heterocycles. The molecule has 4 aliphatic carbocycles. The van der Waals surface area contributed by atoms with E-state index in [2.05, 4.69) is 27.8 Å². The van der Waals surface area contributed by atoms with Crippen LogP contribution in [0.3, 0.4) is 0 Å². The number of nitrogens with one attached hydrogen (secondary N) is 2. The topological polar surface area (TPSA) is 76.0 Å². The predicted octanol–water partition coefficient (Wildman–Crippen LogP) is 3.90. The maximum absolute atomic E-state index is 13.5. The summed E-state index contributed by atoms with van der Waals surface area (Å²) in [5, 5.41) is 6.26. The second-order valence-corrected chi connectivity index (χ2v) is 11.2. The minimum absolute atomic E-state index is 0.0374. The monoisotopic (exact) mass is 448 g/mol. The Labute approximate surface area is 196 Å². The third-order valence-electron chi connectivity index (χ3n) is 8.14. The molecule has 0 radical (unpaired) electrons. The quantitative estimate of drug-likeness (QED) is 0.643. The Morgan fingerprint density at radius 2 is 1.76 bits per heavy atom. The van der Waals surface area contributed by atoms with Crippen LogP contribution in [0.4, 0.5) is 0 Å². The van der Waals surface area contributed by atoms with Gasteiger partial charge in [0.2, 0.25) is 11.8 Å². The van der Waals surface area contributed by atoms with Gasteiger partial charge in [0.1, 0.15) is 6.04 Å². The fourth-order valence-corrected chi connectivity index (χ4v) is 6.95. The van der Waals surface area contributed by atoms with E-state index in [1.165, 1.54) is 19.3 Å². The third kappa shape index (κ3) is 4.71. The van der Waals surface area contributed by atoms with Crippen LogP contribution in [0.1, 0.15) is 63.5 Å². The Morgan fingerprint density at radius 1 is 1.09 bits per heavy atom. The van der Waals surface area contributed by atoms with Crippen LogP contribution in [0.15, 0.2) is 43.0 Å². The average Bonchev–Trinajstić information content (AvgIpc) is 3.28. The van der Waals surface area contributed by atoms with Crippen molar-refractivity contribution >= 4 is 11.8 Å². The zero-order valence-electron chi connectivity index (χ0n) is 19.8. The van der Waals surface area contributed by atoms with Gasteiger partial charge in [0.15, 0.2) is 0 Å². The van der Waals surface area contributed by atoms with Crippen molar-refractivity contribution in [3.8, 4) is 0 Å². The molecule has 33 heavy (non-hydrogen) atoms. The molecule has 6 nitrogen and oxygen atoms in total. The Bertz CT molecular complexity index is 962. The highest BCUT2D eigenvalue weighted by atomic mass is 16.2. The Kier molecular flexibility index (Phi) is 6.02. The number of aromatic nitrogens is 2. The molecule has 0 aliphatic heterocycles. The number of hydrogen-bond donors (Lipinski definition) is 2. The van der Waals surface area contributed by atoms with Gasteiger partial charge in [-0.05, 0) is 73.3 Å². The van der Waals surface area contributed by atoms with E-state index in [9.17, 15) is 9.59 Å². The highest BCUT2D eigenvalue weighted by molar-refractivity contribution is 5.90. The van der Waals surface area contributed by atoms with E-state index in [1.54, 1.807) is 12.5 Å². The summed E-state index contributed by atoms with van der Waals surface area (Å²) in [6, 6.07) is 7.73. The first-order valence-corrected chi connectivity index (χ1v) is 12.5. The van der Waals surface area contributed by atoms with Gasteiger partial charge >= 0.3 is 0 Å². The van der Waals surface area contributed by atoms with Gasteiger partial charge in [-0.1, -0.05) is 38.1 Å². The molecule has 0 spiro atoms. The number of hydrogen-bond acceptors (Lipinski definition) is 3. The van der Waals surface area contributed by atoms with Crippen LogP contribution in [0.2, 0.25) is 0 Å². The lowest BCUT2D eigenvalue weighted by atomic mass is 9.49. The molecule has 176 valence electrons. The summed E-state index contributed by atoms with van der Waals surface area (Å²) < 4.78 is 2.02. The molecule has 1 aromatic heterocycles. The zero-order valence-corrected chi connectivity index (χ0v) is 19.8. The molecule has 6 heteroatoms. The first kappa shape index (κ1) is 22.2. The van der Waals surface area contributed by atoms with Gasteiger partial charge in [0, 0.05) is 30.9 Å². The fourth-order valence-electron chi connectivity index (χ4n) is 6.95. The smallest absolute Gasteiger partial charge is 0.243 e. The van der Waals surface area contributed by atoms with E-state index in [0.29, 0.717) is 24.3 Å². The van der Waals surface area contributed by atoms with Crippen molar-refractivity contribution in [3.05, 3.63) is 54.1 Å². The van der Waals surface area contributed by atoms with Crippen LogP contribution >= 0.6 is 0 Å². The van der Waals surface area contributed by atoms with Crippen molar-refractivity contribution in [2.24, 2.45) is 29.1 Å². The number of rotatable bonds is 8. The van der Waals surface area contributed by atoms with Gasteiger partial charge in [-0.2, -0.15) is 0 Å². The van der Waals surface area contributed by atoms with Gasteiger partial charge in [-0.25, -0.2) is 4.98 Å². The van der Waals surface area contributed by atoms with Gasteiger partial charge in [-0.3, -0.25) is 9.59 Å². The fraction of sp³-hybridized carbons (Fsp3) is 0.593. The van der Waals surface area contributed by atoms with Gasteiger partial charge in [0.05, 0.1) is 6.33 Å². The summed E-state index contributed by atoms with van der Waals surface area (Å²) in [7, 11) is 0. The number of benzene rings is 1. The summed E-state index contributed by atoms with van der Waals surface area (Å²) in [4.78, 5) is 30.7. The Morgan fingerprint density at radius 3 is 2.36 bits per heavy atom. The largest absolute Gasteiger partial charge is 0.350 e. The summed E-state index contributed by atoms with van der Waals surface area (Å²) in [5.41, 5.74) is 1.98. The van der Waals surface area contributed by atoms with Crippen molar-refractivity contribution in [2.75, 3.05) is 0 Å². The molecule has 2 amide bonds. The van der Waals surface area contributed by atoms with Crippen LogP contribution in [-0.4, -0.2) is 27.4 Å². The molecule has 4 saturated carbocycles.